The summed E-state index contributed by atoms with van der Waals surface area (Å²) in [5.41, 5.74) is 5.58. The lowest BCUT2D eigenvalue weighted by molar-refractivity contribution is 0.254. The van der Waals surface area contributed by atoms with E-state index < -0.39 is 0 Å². The molecule has 0 spiro atoms. The molecular formula is C11H18N4O. The fourth-order valence-corrected chi connectivity index (χ4v) is 2.19. The van der Waals surface area contributed by atoms with E-state index in [9.17, 15) is 5.11 Å². The minimum absolute atomic E-state index is 0.164. The van der Waals surface area contributed by atoms with Crippen LogP contribution < -0.4 is 10.6 Å². The van der Waals surface area contributed by atoms with Crippen LogP contribution in [0.25, 0.3) is 0 Å². The van der Waals surface area contributed by atoms with Crippen LogP contribution >= 0.6 is 0 Å². The molecule has 5 heteroatoms. The molecule has 2 rings (SSSR count). The first-order valence-corrected chi connectivity index (χ1v) is 5.77. The van der Waals surface area contributed by atoms with E-state index >= 15 is 0 Å². The highest BCUT2D eigenvalue weighted by molar-refractivity contribution is 5.42. The van der Waals surface area contributed by atoms with Gasteiger partial charge in [-0.15, -0.1) is 0 Å². The van der Waals surface area contributed by atoms with Gasteiger partial charge in [0.05, 0.1) is 12.6 Å². The largest absolute Gasteiger partial charge is 0.394 e. The topological polar surface area (TPSA) is 75.3 Å². The van der Waals surface area contributed by atoms with Crippen molar-refractivity contribution >= 4 is 11.8 Å². The Morgan fingerprint density at radius 3 is 3.06 bits per heavy atom. The fraction of sp³-hybridized carbons (Fsp3) is 0.636. The summed E-state index contributed by atoms with van der Waals surface area (Å²) in [5.74, 6) is 1.12. The Morgan fingerprint density at radius 2 is 2.31 bits per heavy atom. The number of nitrogen functional groups attached to an aromatic ring is 1. The number of hydrogen-bond donors (Lipinski definition) is 2. The second-order valence-corrected chi connectivity index (χ2v) is 4.15. The number of aliphatic hydroxyl groups is 1. The summed E-state index contributed by atoms with van der Waals surface area (Å²) in [6.45, 7) is 1.10. The number of nitrogens with two attached hydrogens (primary N) is 1. The van der Waals surface area contributed by atoms with E-state index in [1.165, 1.54) is 12.8 Å². The summed E-state index contributed by atoms with van der Waals surface area (Å²) in [7, 11) is 0. The van der Waals surface area contributed by atoms with E-state index in [1.54, 1.807) is 6.20 Å². The first kappa shape index (κ1) is 11.1. The SMILES string of the molecule is Nc1nccc(N2CCCCCC2CO)n1. The summed E-state index contributed by atoms with van der Waals surface area (Å²) in [6.07, 6.45) is 6.20. The van der Waals surface area contributed by atoms with E-state index in [0.29, 0.717) is 5.95 Å². The maximum Gasteiger partial charge on any atom is 0.221 e. The average Bonchev–Trinajstić information content (AvgIpc) is 2.53. The molecule has 0 bridgehead atoms. The minimum Gasteiger partial charge on any atom is -0.394 e. The van der Waals surface area contributed by atoms with E-state index in [1.807, 2.05) is 6.07 Å². The van der Waals surface area contributed by atoms with Gasteiger partial charge in [0.1, 0.15) is 5.82 Å². The van der Waals surface area contributed by atoms with Crippen molar-refractivity contribution in [3.05, 3.63) is 12.3 Å². The van der Waals surface area contributed by atoms with Crippen LogP contribution in [0.3, 0.4) is 0 Å². The van der Waals surface area contributed by atoms with Crippen LogP contribution in [0.5, 0.6) is 0 Å². The predicted molar refractivity (Wildman–Crippen MR) is 63.1 cm³/mol. The van der Waals surface area contributed by atoms with Gasteiger partial charge in [-0.05, 0) is 18.9 Å². The highest BCUT2D eigenvalue weighted by Gasteiger charge is 2.21. The summed E-state index contributed by atoms with van der Waals surface area (Å²) in [4.78, 5) is 10.2. The second kappa shape index (κ2) is 5.12. The Bertz CT molecular complexity index is 345. The summed E-state index contributed by atoms with van der Waals surface area (Å²) in [5, 5.41) is 9.40. The Morgan fingerprint density at radius 1 is 1.44 bits per heavy atom. The van der Waals surface area contributed by atoms with Crippen molar-refractivity contribution < 1.29 is 5.11 Å². The van der Waals surface area contributed by atoms with Gasteiger partial charge in [0.25, 0.3) is 0 Å². The molecular weight excluding hydrogens is 204 g/mol. The molecule has 5 nitrogen and oxygen atoms in total. The first-order chi connectivity index (χ1) is 7.81. The van der Waals surface area contributed by atoms with Crippen molar-refractivity contribution in [2.24, 2.45) is 0 Å². The van der Waals surface area contributed by atoms with E-state index in [4.69, 9.17) is 5.73 Å². The van der Waals surface area contributed by atoms with Crippen LogP contribution in [0.4, 0.5) is 11.8 Å². The van der Waals surface area contributed by atoms with Crippen LogP contribution in [0.2, 0.25) is 0 Å². The molecule has 1 aliphatic heterocycles. The van der Waals surface area contributed by atoms with Gasteiger partial charge >= 0.3 is 0 Å². The number of hydrogen-bond acceptors (Lipinski definition) is 5. The monoisotopic (exact) mass is 222 g/mol. The van der Waals surface area contributed by atoms with Gasteiger partial charge in [0, 0.05) is 12.7 Å². The molecule has 1 atom stereocenters. The van der Waals surface area contributed by atoms with Gasteiger partial charge in [-0.2, -0.15) is 4.98 Å². The molecule has 1 aromatic rings. The molecule has 88 valence electrons. The molecule has 1 aromatic heterocycles. The van der Waals surface area contributed by atoms with Crippen molar-refractivity contribution in [2.75, 3.05) is 23.8 Å². The smallest absolute Gasteiger partial charge is 0.221 e. The predicted octanol–water partition coefficient (Wildman–Crippen LogP) is 0.800. The molecule has 1 unspecified atom stereocenters. The number of aromatic nitrogens is 2. The van der Waals surface area contributed by atoms with Crippen molar-refractivity contribution in [1.82, 2.24) is 9.97 Å². The highest BCUT2D eigenvalue weighted by atomic mass is 16.3. The van der Waals surface area contributed by atoms with Gasteiger partial charge in [0.2, 0.25) is 5.95 Å². The lowest BCUT2D eigenvalue weighted by Gasteiger charge is -2.29. The maximum atomic E-state index is 9.40. The zero-order valence-electron chi connectivity index (χ0n) is 9.34. The van der Waals surface area contributed by atoms with Gasteiger partial charge < -0.3 is 15.7 Å². The van der Waals surface area contributed by atoms with Gasteiger partial charge in [0.15, 0.2) is 0 Å². The number of anilines is 2. The molecule has 0 radical (unpaired) electrons. The molecule has 0 aromatic carbocycles. The molecule has 2 heterocycles. The zero-order valence-corrected chi connectivity index (χ0v) is 9.34. The lowest BCUT2D eigenvalue weighted by Crippen LogP contribution is -2.38. The number of aliphatic hydroxyl groups excluding tert-OH is 1. The first-order valence-electron chi connectivity index (χ1n) is 5.77. The normalized spacial score (nSPS) is 21.8. The third-order valence-corrected chi connectivity index (χ3v) is 3.04. The second-order valence-electron chi connectivity index (χ2n) is 4.15. The van der Waals surface area contributed by atoms with Crippen molar-refractivity contribution in [3.8, 4) is 0 Å². The van der Waals surface area contributed by atoms with Crippen LogP contribution in [0.1, 0.15) is 25.7 Å². The van der Waals surface area contributed by atoms with Gasteiger partial charge in [-0.1, -0.05) is 12.8 Å². The number of rotatable bonds is 2. The van der Waals surface area contributed by atoms with E-state index in [2.05, 4.69) is 14.9 Å². The average molecular weight is 222 g/mol. The van der Waals surface area contributed by atoms with Crippen molar-refractivity contribution in [1.29, 1.82) is 0 Å². The molecule has 1 fully saturated rings. The molecule has 0 aliphatic carbocycles. The zero-order chi connectivity index (χ0) is 11.4. The van der Waals surface area contributed by atoms with Crippen LogP contribution in [-0.2, 0) is 0 Å². The van der Waals surface area contributed by atoms with E-state index in [0.717, 1.165) is 25.2 Å². The number of nitrogens with zero attached hydrogens (tertiary/aromatic N) is 3. The third-order valence-electron chi connectivity index (χ3n) is 3.04. The Hall–Kier alpha value is -1.36. The van der Waals surface area contributed by atoms with Crippen LogP contribution in [0.15, 0.2) is 12.3 Å². The quantitative estimate of drug-likeness (QED) is 0.774. The minimum atomic E-state index is 0.164. The Kier molecular flexibility index (Phi) is 3.56. The lowest BCUT2D eigenvalue weighted by atomic mass is 10.1. The van der Waals surface area contributed by atoms with E-state index in [-0.39, 0.29) is 12.6 Å². The summed E-state index contributed by atoms with van der Waals surface area (Å²) in [6, 6.07) is 2.02. The molecule has 1 saturated heterocycles. The van der Waals surface area contributed by atoms with Gasteiger partial charge in [-0.3, -0.25) is 0 Å². The Labute approximate surface area is 95.3 Å². The molecule has 1 aliphatic rings. The van der Waals surface area contributed by atoms with Crippen molar-refractivity contribution in [2.45, 2.75) is 31.7 Å². The van der Waals surface area contributed by atoms with Crippen LogP contribution in [0, 0.1) is 0 Å². The van der Waals surface area contributed by atoms with Gasteiger partial charge in [-0.25, -0.2) is 4.98 Å². The third kappa shape index (κ3) is 2.41. The highest BCUT2D eigenvalue weighted by Crippen LogP contribution is 2.22. The summed E-state index contributed by atoms with van der Waals surface area (Å²) < 4.78 is 0. The molecule has 16 heavy (non-hydrogen) atoms. The Balaban J connectivity index is 2.21. The summed E-state index contributed by atoms with van der Waals surface area (Å²) >= 11 is 0. The molecule has 3 N–H and O–H groups in total. The van der Waals surface area contributed by atoms with Crippen LogP contribution in [-0.4, -0.2) is 34.3 Å². The standard InChI is InChI=1S/C11H18N4O/c12-11-13-6-5-10(14-11)15-7-3-1-2-4-9(15)8-16/h5-6,9,16H,1-4,7-8H2,(H2,12,13,14). The molecule has 0 amide bonds. The fourth-order valence-electron chi connectivity index (χ4n) is 2.19. The maximum absolute atomic E-state index is 9.40. The van der Waals surface area contributed by atoms with Crippen molar-refractivity contribution in [3.63, 3.8) is 0 Å². The molecule has 0 saturated carbocycles.